The predicted octanol–water partition coefficient (Wildman–Crippen LogP) is 0.554. The number of rotatable bonds is 3. The molecule has 1 saturated heterocycles. The van der Waals surface area contributed by atoms with E-state index < -0.39 is 5.54 Å². The summed E-state index contributed by atoms with van der Waals surface area (Å²) in [5.41, 5.74) is 4.96. The molecule has 4 N–H and O–H groups in total. The average Bonchev–Trinajstić information content (AvgIpc) is 2.88. The largest absolute Gasteiger partial charge is 0.370 e. The topological polar surface area (TPSA) is 99.8 Å². The van der Waals surface area contributed by atoms with Crippen molar-refractivity contribution < 1.29 is 9.59 Å². The Morgan fingerprint density at radius 3 is 2.57 bits per heavy atom. The van der Waals surface area contributed by atoms with Crippen molar-refractivity contribution in [1.82, 2.24) is 15.5 Å². The highest BCUT2D eigenvalue weighted by Crippen LogP contribution is 2.34. The van der Waals surface area contributed by atoms with Crippen LogP contribution in [-0.4, -0.2) is 47.0 Å². The molecule has 7 nitrogen and oxygen atoms in total. The highest BCUT2D eigenvalue weighted by Gasteiger charge is 2.52. The smallest absolute Gasteiger partial charge is 0.325 e. The van der Waals surface area contributed by atoms with Crippen LogP contribution >= 0.6 is 0 Å². The number of carbonyl (C=O) groups excluding carboxylic acids is 2. The first-order chi connectivity index (χ1) is 9.73. The molecule has 2 fully saturated rings. The van der Waals surface area contributed by atoms with Crippen LogP contribution in [0.3, 0.4) is 0 Å². The number of nitrogens with two attached hydrogens (primary N) is 1. The molecule has 0 radical (unpaired) electrons. The molecule has 1 heterocycles. The van der Waals surface area contributed by atoms with Gasteiger partial charge in [-0.3, -0.25) is 14.7 Å². The summed E-state index contributed by atoms with van der Waals surface area (Å²) in [4.78, 5) is 29.8. The van der Waals surface area contributed by atoms with Crippen molar-refractivity contribution in [2.75, 3.05) is 13.1 Å². The third kappa shape index (κ3) is 3.46. The number of nitrogens with one attached hydrogen (secondary N) is 2. The van der Waals surface area contributed by atoms with Gasteiger partial charge in [0.15, 0.2) is 5.96 Å². The van der Waals surface area contributed by atoms with Crippen LogP contribution in [0.1, 0.15) is 46.5 Å². The molecule has 0 aromatic carbocycles. The standard InChI is InChI=1S/C14H25N5O2/c1-13(2,3)17-11(15)16-8-9-19-10(20)14(18-12(19)21)6-4-5-7-14/h4-9H2,1-3H3,(H,18,21)(H3,15,16,17). The van der Waals surface area contributed by atoms with Crippen molar-refractivity contribution in [2.24, 2.45) is 10.7 Å². The zero-order chi connectivity index (χ0) is 15.7. The molecule has 0 aromatic rings. The van der Waals surface area contributed by atoms with E-state index in [1.807, 2.05) is 20.8 Å². The number of carbonyl (C=O) groups is 2. The molecular weight excluding hydrogens is 270 g/mol. The molecule has 0 unspecified atom stereocenters. The summed E-state index contributed by atoms with van der Waals surface area (Å²) in [6.07, 6.45) is 3.46. The van der Waals surface area contributed by atoms with E-state index in [2.05, 4.69) is 15.6 Å². The van der Waals surface area contributed by atoms with Crippen molar-refractivity contribution in [1.29, 1.82) is 0 Å². The molecule has 118 valence electrons. The summed E-state index contributed by atoms with van der Waals surface area (Å²) in [5, 5.41) is 5.89. The average molecular weight is 295 g/mol. The number of aliphatic imine (C=N–C) groups is 1. The van der Waals surface area contributed by atoms with E-state index >= 15 is 0 Å². The van der Waals surface area contributed by atoms with Gasteiger partial charge in [0, 0.05) is 5.54 Å². The lowest BCUT2D eigenvalue weighted by Gasteiger charge is -2.21. The van der Waals surface area contributed by atoms with E-state index in [1.54, 1.807) is 0 Å². The van der Waals surface area contributed by atoms with E-state index in [0.29, 0.717) is 12.5 Å². The van der Waals surface area contributed by atoms with Gasteiger partial charge in [-0.05, 0) is 33.6 Å². The fourth-order valence-electron chi connectivity index (χ4n) is 2.89. The molecule has 1 saturated carbocycles. The van der Waals surface area contributed by atoms with E-state index in [4.69, 9.17) is 5.73 Å². The van der Waals surface area contributed by atoms with Crippen molar-refractivity contribution in [2.45, 2.75) is 57.5 Å². The zero-order valence-corrected chi connectivity index (χ0v) is 13.0. The first kappa shape index (κ1) is 15.6. The molecule has 0 bridgehead atoms. The number of imide groups is 1. The first-order valence-electron chi connectivity index (χ1n) is 7.46. The monoisotopic (exact) mass is 295 g/mol. The van der Waals surface area contributed by atoms with Gasteiger partial charge < -0.3 is 16.4 Å². The molecule has 1 spiro atoms. The van der Waals surface area contributed by atoms with Crippen molar-refractivity contribution in [3.8, 4) is 0 Å². The number of hydrogen-bond donors (Lipinski definition) is 3. The minimum Gasteiger partial charge on any atom is -0.370 e. The third-order valence-corrected chi connectivity index (χ3v) is 3.81. The van der Waals surface area contributed by atoms with Crippen LogP contribution < -0.4 is 16.4 Å². The van der Waals surface area contributed by atoms with Crippen LogP contribution in [0.4, 0.5) is 4.79 Å². The van der Waals surface area contributed by atoms with Gasteiger partial charge in [-0.15, -0.1) is 0 Å². The molecule has 2 rings (SSSR count). The summed E-state index contributed by atoms with van der Waals surface area (Å²) in [7, 11) is 0. The maximum Gasteiger partial charge on any atom is 0.325 e. The third-order valence-electron chi connectivity index (χ3n) is 3.81. The van der Waals surface area contributed by atoms with Crippen LogP contribution in [0.5, 0.6) is 0 Å². The highest BCUT2D eigenvalue weighted by atomic mass is 16.2. The summed E-state index contributed by atoms with van der Waals surface area (Å²) in [6, 6.07) is -0.306. The Bertz CT molecular complexity index is 460. The Hall–Kier alpha value is -1.79. The summed E-state index contributed by atoms with van der Waals surface area (Å²) in [5.74, 6) is 0.215. The molecule has 0 aromatic heterocycles. The number of amides is 3. The summed E-state index contributed by atoms with van der Waals surface area (Å²) >= 11 is 0. The van der Waals surface area contributed by atoms with Crippen LogP contribution in [-0.2, 0) is 4.79 Å². The minimum absolute atomic E-state index is 0.109. The van der Waals surface area contributed by atoms with Gasteiger partial charge in [-0.25, -0.2) is 4.79 Å². The fraction of sp³-hybridized carbons (Fsp3) is 0.786. The minimum atomic E-state index is -0.643. The first-order valence-corrected chi connectivity index (χ1v) is 7.46. The van der Waals surface area contributed by atoms with E-state index in [0.717, 1.165) is 25.7 Å². The van der Waals surface area contributed by atoms with Crippen molar-refractivity contribution in [3.63, 3.8) is 0 Å². The van der Waals surface area contributed by atoms with Gasteiger partial charge >= 0.3 is 6.03 Å². The Morgan fingerprint density at radius 2 is 2.00 bits per heavy atom. The summed E-state index contributed by atoms with van der Waals surface area (Å²) in [6.45, 7) is 6.52. The van der Waals surface area contributed by atoms with Gasteiger partial charge in [-0.1, -0.05) is 12.8 Å². The van der Waals surface area contributed by atoms with Crippen LogP contribution in [0, 0.1) is 0 Å². The second kappa shape index (κ2) is 5.54. The SMILES string of the molecule is CC(C)(C)NC(N)=NCCN1C(=O)NC2(CCCC2)C1=O. The molecule has 1 aliphatic carbocycles. The molecule has 2 aliphatic rings. The molecule has 3 amide bonds. The van der Waals surface area contributed by atoms with Crippen LogP contribution in [0.15, 0.2) is 4.99 Å². The quantitative estimate of drug-likeness (QED) is 0.402. The van der Waals surface area contributed by atoms with E-state index in [1.165, 1.54) is 4.90 Å². The molecule has 0 atom stereocenters. The normalized spacial score (nSPS) is 22.0. The maximum absolute atomic E-state index is 12.4. The lowest BCUT2D eigenvalue weighted by Crippen LogP contribution is -2.45. The molecule has 1 aliphatic heterocycles. The zero-order valence-electron chi connectivity index (χ0n) is 13.0. The number of hydrogen-bond acceptors (Lipinski definition) is 3. The van der Waals surface area contributed by atoms with Gasteiger partial charge in [0.05, 0.1) is 13.1 Å². The van der Waals surface area contributed by atoms with Crippen LogP contribution in [0.25, 0.3) is 0 Å². The summed E-state index contributed by atoms with van der Waals surface area (Å²) < 4.78 is 0. The van der Waals surface area contributed by atoms with Gasteiger partial charge in [0.2, 0.25) is 0 Å². The second-order valence-corrected chi connectivity index (χ2v) is 6.82. The van der Waals surface area contributed by atoms with E-state index in [9.17, 15) is 9.59 Å². The number of nitrogens with zero attached hydrogens (tertiary/aromatic N) is 2. The Morgan fingerprint density at radius 1 is 1.38 bits per heavy atom. The maximum atomic E-state index is 12.4. The molecule has 21 heavy (non-hydrogen) atoms. The number of urea groups is 1. The molecule has 7 heteroatoms. The lowest BCUT2D eigenvalue weighted by molar-refractivity contribution is -0.131. The number of guanidine groups is 1. The van der Waals surface area contributed by atoms with Crippen LogP contribution in [0.2, 0.25) is 0 Å². The lowest BCUT2D eigenvalue weighted by atomic mass is 9.98. The Kier molecular flexibility index (Phi) is 4.11. The van der Waals surface area contributed by atoms with Crippen molar-refractivity contribution in [3.05, 3.63) is 0 Å². The second-order valence-electron chi connectivity index (χ2n) is 6.82. The molecular formula is C14H25N5O2. The van der Waals surface area contributed by atoms with Gasteiger partial charge in [0.25, 0.3) is 5.91 Å². The van der Waals surface area contributed by atoms with Gasteiger partial charge in [-0.2, -0.15) is 0 Å². The van der Waals surface area contributed by atoms with Crippen molar-refractivity contribution >= 4 is 17.9 Å². The Balaban J connectivity index is 1.90. The predicted molar refractivity (Wildman–Crippen MR) is 80.8 cm³/mol. The van der Waals surface area contributed by atoms with Gasteiger partial charge in [0.1, 0.15) is 5.54 Å². The highest BCUT2D eigenvalue weighted by molar-refractivity contribution is 6.07. The fourth-order valence-corrected chi connectivity index (χ4v) is 2.89. The van der Waals surface area contributed by atoms with E-state index in [-0.39, 0.29) is 24.0 Å². The Labute approximate surface area is 125 Å².